The zero-order chi connectivity index (χ0) is 18.0. The average Bonchev–Trinajstić information content (AvgIpc) is 3.09. The van der Waals surface area contributed by atoms with Crippen LogP contribution in [0.3, 0.4) is 0 Å². The number of methoxy groups -OCH3 is 2. The second kappa shape index (κ2) is 7.14. The number of ether oxygens (including phenoxy) is 3. The Morgan fingerprint density at radius 1 is 1.16 bits per heavy atom. The fourth-order valence-corrected chi connectivity index (χ4v) is 3.02. The Bertz CT molecular complexity index is 748. The van der Waals surface area contributed by atoms with Crippen molar-refractivity contribution in [3.8, 4) is 22.8 Å². The van der Waals surface area contributed by atoms with Crippen LogP contribution < -0.4 is 9.47 Å². The monoisotopic (exact) mass is 346 g/mol. The Balaban J connectivity index is 1.86. The van der Waals surface area contributed by atoms with E-state index in [9.17, 15) is 4.79 Å². The number of carbonyl (C=O) groups is 1. The van der Waals surface area contributed by atoms with Crippen molar-refractivity contribution in [1.29, 1.82) is 0 Å². The number of aromatic nitrogens is 1. The maximum Gasteiger partial charge on any atom is 0.276 e. The molecule has 1 aromatic heterocycles. The lowest BCUT2D eigenvalue weighted by atomic mass is 10.1. The molecule has 2 atom stereocenters. The third-order valence-corrected chi connectivity index (χ3v) is 4.11. The number of nitrogens with zero attached hydrogens (tertiary/aromatic N) is 2. The number of benzene rings is 1. The molecule has 134 valence electrons. The summed E-state index contributed by atoms with van der Waals surface area (Å²) in [5, 5.41) is 3.95. The molecule has 2 heterocycles. The third-order valence-electron chi connectivity index (χ3n) is 4.11. The fourth-order valence-electron chi connectivity index (χ4n) is 3.02. The number of rotatable bonds is 4. The number of hydrogen-bond acceptors (Lipinski definition) is 6. The molecule has 7 nitrogen and oxygen atoms in total. The summed E-state index contributed by atoms with van der Waals surface area (Å²) in [5.74, 6) is 1.56. The molecule has 1 aliphatic heterocycles. The molecular weight excluding hydrogens is 324 g/mol. The fraction of sp³-hybridized carbons (Fsp3) is 0.444. The molecule has 1 amide bonds. The van der Waals surface area contributed by atoms with Crippen LogP contribution in [0, 0.1) is 0 Å². The average molecular weight is 346 g/mol. The largest absolute Gasteiger partial charge is 0.497 e. The summed E-state index contributed by atoms with van der Waals surface area (Å²) in [6, 6.07) is 6.99. The standard InChI is InChI=1S/C18H22N2O5/c1-11-9-20(10-12(2)24-11)18(21)15-8-17(25-19-15)14-7-13(22-3)5-6-16(14)23-4/h5-8,11-12H,9-10H2,1-4H3/t11-,12-/m1/s1. The summed E-state index contributed by atoms with van der Waals surface area (Å²) in [4.78, 5) is 14.4. The van der Waals surface area contributed by atoms with Crippen molar-refractivity contribution in [3.05, 3.63) is 30.0 Å². The van der Waals surface area contributed by atoms with E-state index in [4.69, 9.17) is 18.7 Å². The van der Waals surface area contributed by atoms with Crippen molar-refractivity contribution in [1.82, 2.24) is 10.1 Å². The lowest BCUT2D eigenvalue weighted by molar-refractivity contribution is -0.0588. The molecule has 2 aromatic rings. The van der Waals surface area contributed by atoms with E-state index < -0.39 is 0 Å². The normalized spacial score (nSPS) is 20.4. The number of morpholine rings is 1. The summed E-state index contributed by atoms with van der Waals surface area (Å²) in [6.07, 6.45) is -0.00454. The highest BCUT2D eigenvalue weighted by atomic mass is 16.5. The molecule has 1 aliphatic rings. The summed E-state index contributed by atoms with van der Waals surface area (Å²) in [6.45, 7) is 4.97. The van der Waals surface area contributed by atoms with E-state index in [1.165, 1.54) is 0 Å². The van der Waals surface area contributed by atoms with E-state index in [2.05, 4.69) is 5.16 Å². The first-order chi connectivity index (χ1) is 12.0. The molecule has 1 saturated heterocycles. The molecule has 0 aliphatic carbocycles. The van der Waals surface area contributed by atoms with Crippen LogP contribution in [-0.2, 0) is 4.74 Å². The van der Waals surface area contributed by atoms with Gasteiger partial charge in [-0.3, -0.25) is 4.79 Å². The highest BCUT2D eigenvalue weighted by molar-refractivity contribution is 5.93. The Morgan fingerprint density at radius 3 is 2.52 bits per heavy atom. The van der Waals surface area contributed by atoms with Crippen molar-refractivity contribution in [2.24, 2.45) is 0 Å². The van der Waals surface area contributed by atoms with Crippen molar-refractivity contribution in [2.45, 2.75) is 26.1 Å². The SMILES string of the molecule is COc1ccc(OC)c(-c2cc(C(=O)N3C[C@@H](C)O[C@H](C)C3)no2)c1. The van der Waals surface area contributed by atoms with Crippen molar-refractivity contribution in [3.63, 3.8) is 0 Å². The molecular formula is C18H22N2O5. The van der Waals surface area contributed by atoms with Crippen molar-refractivity contribution in [2.75, 3.05) is 27.3 Å². The Kier molecular flexibility index (Phi) is 4.94. The van der Waals surface area contributed by atoms with Gasteiger partial charge in [0.15, 0.2) is 11.5 Å². The predicted octanol–water partition coefficient (Wildman–Crippen LogP) is 2.61. The van der Waals surface area contributed by atoms with E-state index in [1.54, 1.807) is 43.4 Å². The summed E-state index contributed by atoms with van der Waals surface area (Å²) in [5.41, 5.74) is 0.943. The first kappa shape index (κ1) is 17.3. The van der Waals surface area contributed by atoms with Gasteiger partial charge in [-0.1, -0.05) is 5.16 Å². The minimum absolute atomic E-state index is 0.00227. The molecule has 0 N–H and O–H groups in total. The van der Waals surface area contributed by atoms with Crippen LogP contribution in [0.5, 0.6) is 11.5 Å². The second-order valence-electron chi connectivity index (χ2n) is 6.11. The Labute approximate surface area is 146 Å². The second-order valence-corrected chi connectivity index (χ2v) is 6.11. The molecule has 3 rings (SSSR count). The van der Waals surface area contributed by atoms with E-state index in [0.29, 0.717) is 35.9 Å². The zero-order valence-electron chi connectivity index (χ0n) is 14.8. The number of amides is 1. The third kappa shape index (κ3) is 3.61. The van der Waals surface area contributed by atoms with E-state index >= 15 is 0 Å². The van der Waals surface area contributed by atoms with Gasteiger partial charge in [0, 0.05) is 19.2 Å². The van der Waals surface area contributed by atoms with Gasteiger partial charge in [-0.05, 0) is 32.0 Å². The minimum Gasteiger partial charge on any atom is -0.497 e. The quantitative estimate of drug-likeness (QED) is 0.847. The predicted molar refractivity (Wildman–Crippen MR) is 91.0 cm³/mol. The van der Waals surface area contributed by atoms with Crippen molar-refractivity contribution < 1.29 is 23.5 Å². The highest BCUT2D eigenvalue weighted by Gasteiger charge is 2.28. The first-order valence-electron chi connectivity index (χ1n) is 8.15. The number of carbonyl (C=O) groups excluding carboxylic acids is 1. The van der Waals surface area contributed by atoms with Gasteiger partial charge in [0.2, 0.25) is 0 Å². The van der Waals surface area contributed by atoms with Crippen LogP contribution in [0.1, 0.15) is 24.3 Å². The Morgan fingerprint density at radius 2 is 1.88 bits per heavy atom. The van der Waals surface area contributed by atoms with Crippen LogP contribution in [0.15, 0.2) is 28.8 Å². The molecule has 0 saturated carbocycles. The smallest absolute Gasteiger partial charge is 0.276 e. The van der Waals surface area contributed by atoms with Crippen LogP contribution in [0.4, 0.5) is 0 Å². The maximum atomic E-state index is 12.7. The van der Waals surface area contributed by atoms with Crippen LogP contribution in [0.25, 0.3) is 11.3 Å². The number of hydrogen-bond donors (Lipinski definition) is 0. The van der Waals surface area contributed by atoms with Crippen LogP contribution >= 0.6 is 0 Å². The zero-order valence-corrected chi connectivity index (χ0v) is 14.8. The topological polar surface area (TPSA) is 74.0 Å². The minimum atomic E-state index is -0.168. The molecule has 7 heteroatoms. The van der Waals surface area contributed by atoms with Crippen LogP contribution in [-0.4, -0.2) is 55.5 Å². The Hall–Kier alpha value is -2.54. The van der Waals surface area contributed by atoms with Gasteiger partial charge in [-0.2, -0.15) is 0 Å². The van der Waals surface area contributed by atoms with Gasteiger partial charge in [-0.15, -0.1) is 0 Å². The molecule has 25 heavy (non-hydrogen) atoms. The molecule has 0 unspecified atom stereocenters. The highest BCUT2D eigenvalue weighted by Crippen LogP contribution is 2.34. The molecule has 0 bridgehead atoms. The van der Waals surface area contributed by atoms with Gasteiger partial charge in [0.1, 0.15) is 11.5 Å². The van der Waals surface area contributed by atoms with Gasteiger partial charge >= 0.3 is 0 Å². The molecule has 0 radical (unpaired) electrons. The molecule has 1 fully saturated rings. The van der Waals surface area contributed by atoms with E-state index in [-0.39, 0.29) is 23.8 Å². The van der Waals surface area contributed by atoms with Gasteiger partial charge < -0.3 is 23.6 Å². The lowest BCUT2D eigenvalue weighted by Gasteiger charge is -2.34. The van der Waals surface area contributed by atoms with Gasteiger partial charge in [-0.25, -0.2) is 0 Å². The van der Waals surface area contributed by atoms with Crippen LogP contribution in [0.2, 0.25) is 0 Å². The molecule has 0 spiro atoms. The van der Waals surface area contributed by atoms with Crippen molar-refractivity contribution >= 4 is 5.91 Å². The van der Waals surface area contributed by atoms with Gasteiger partial charge in [0.05, 0.1) is 32.0 Å². The maximum absolute atomic E-state index is 12.7. The molecule has 1 aromatic carbocycles. The first-order valence-corrected chi connectivity index (χ1v) is 8.15. The van der Waals surface area contributed by atoms with E-state index in [1.807, 2.05) is 13.8 Å². The lowest BCUT2D eigenvalue weighted by Crippen LogP contribution is -2.48. The summed E-state index contributed by atoms with van der Waals surface area (Å²) >= 11 is 0. The summed E-state index contributed by atoms with van der Waals surface area (Å²) in [7, 11) is 3.16. The summed E-state index contributed by atoms with van der Waals surface area (Å²) < 4.78 is 21.7. The van der Waals surface area contributed by atoms with E-state index in [0.717, 1.165) is 0 Å². The van der Waals surface area contributed by atoms with Gasteiger partial charge in [0.25, 0.3) is 5.91 Å².